The van der Waals surface area contributed by atoms with Crippen molar-refractivity contribution in [3.63, 3.8) is 0 Å². The Balaban J connectivity index is 2.37. The van der Waals surface area contributed by atoms with Gasteiger partial charge in [-0.3, -0.25) is 4.79 Å². The number of carbonyl (C=O) groups excluding carboxylic acids is 1. The summed E-state index contributed by atoms with van der Waals surface area (Å²) >= 11 is 0. The molecule has 1 rings (SSSR count). The van der Waals surface area contributed by atoms with Crippen LogP contribution < -0.4 is 0 Å². The second-order valence-corrected chi connectivity index (χ2v) is 5.42. The molecule has 0 radical (unpaired) electrons. The summed E-state index contributed by atoms with van der Waals surface area (Å²) in [5, 5.41) is 9.14. The van der Waals surface area contributed by atoms with E-state index in [0.717, 1.165) is 19.3 Å². The zero-order valence-corrected chi connectivity index (χ0v) is 12.8. The molecular formula is C18H24FNO. The molecule has 21 heavy (non-hydrogen) atoms. The predicted molar refractivity (Wildman–Crippen MR) is 82.4 cm³/mol. The van der Waals surface area contributed by atoms with E-state index in [9.17, 15) is 9.18 Å². The molecule has 0 saturated heterocycles. The van der Waals surface area contributed by atoms with Gasteiger partial charge in [0.15, 0.2) is 5.78 Å². The molecule has 0 aromatic heterocycles. The number of hydrogen-bond acceptors (Lipinski definition) is 2. The van der Waals surface area contributed by atoms with Crippen LogP contribution in [-0.4, -0.2) is 5.78 Å². The number of halogens is 1. The highest BCUT2D eigenvalue weighted by Gasteiger charge is 2.22. The third-order valence-electron chi connectivity index (χ3n) is 3.69. The third kappa shape index (κ3) is 6.08. The first-order chi connectivity index (χ1) is 10.2. The highest BCUT2D eigenvalue weighted by atomic mass is 19.1. The topological polar surface area (TPSA) is 40.9 Å². The molecule has 0 aliphatic carbocycles. The van der Waals surface area contributed by atoms with E-state index in [0.29, 0.717) is 6.42 Å². The minimum absolute atomic E-state index is 0.170. The lowest BCUT2D eigenvalue weighted by atomic mass is 9.92. The zero-order chi connectivity index (χ0) is 15.5. The maximum atomic E-state index is 13.6. The predicted octanol–water partition coefficient (Wildman–Crippen LogP) is 5.14. The van der Waals surface area contributed by atoms with E-state index in [-0.39, 0.29) is 11.3 Å². The Morgan fingerprint density at radius 1 is 1.14 bits per heavy atom. The van der Waals surface area contributed by atoms with Gasteiger partial charge in [0.2, 0.25) is 0 Å². The molecular weight excluding hydrogens is 265 g/mol. The Morgan fingerprint density at radius 3 is 2.38 bits per heavy atom. The Hall–Kier alpha value is -1.69. The number of Topliss-reactive ketones (excluding diaryl/α,β-unsaturated/α-hetero) is 1. The number of carbonyl (C=O) groups is 1. The first-order valence-electron chi connectivity index (χ1n) is 7.87. The number of hydrogen-bond donors (Lipinski definition) is 0. The number of ketones is 1. The van der Waals surface area contributed by atoms with E-state index in [1.807, 2.05) is 6.07 Å². The summed E-state index contributed by atoms with van der Waals surface area (Å²) in [6.07, 6.45) is 8.23. The molecule has 0 bridgehead atoms. The van der Waals surface area contributed by atoms with Gasteiger partial charge < -0.3 is 0 Å². The molecule has 0 spiro atoms. The van der Waals surface area contributed by atoms with Crippen molar-refractivity contribution in [3.8, 4) is 6.07 Å². The van der Waals surface area contributed by atoms with Gasteiger partial charge in [-0.05, 0) is 12.5 Å². The summed E-state index contributed by atoms with van der Waals surface area (Å²) < 4.78 is 13.6. The van der Waals surface area contributed by atoms with Gasteiger partial charge in [0, 0.05) is 12.0 Å². The third-order valence-corrected chi connectivity index (χ3v) is 3.69. The van der Waals surface area contributed by atoms with Crippen LogP contribution in [0.5, 0.6) is 0 Å². The van der Waals surface area contributed by atoms with Gasteiger partial charge in [0.05, 0.1) is 6.07 Å². The van der Waals surface area contributed by atoms with Crippen LogP contribution in [0.25, 0.3) is 0 Å². The van der Waals surface area contributed by atoms with Gasteiger partial charge in [-0.2, -0.15) is 5.26 Å². The van der Waals surface area contributed by atoms with Crippen LogP contribution >= 0.6 is 0 Å². The lowest BCUT2D eigenvalue weighted by Crippen LogP contribution is -2.12. The lowest BCUT2D eigenvalue weighted by molar-refractivity contribution is -0.119. The molecule has 0 aliphatic heterocycles. The Morgan fingerprint density at radius 2 is 1.76 bits per heavy atom. The first-order valence-corrected chi connectivity index (χ1v) is 7.87. The molecule has 0 fully saturated rings. The van der Waals surface area contributed by atoms with Crippen LogP contribution in [0.15, 0.2) is 24.3 Å². The molecule has 0 aliphatic rings. The normalized spacial score (nSPS) is 11.9. The molecule has 1 atom stereocenters. The van der Waals surface area contributed by atoms with Crippen molar-refractivity contribution in [1.82, 2.24) is 0 Å². The quantitative estimate of drug-likeness (QED) is 0.559. The summed E-state index contributed by atoms with van der Waals surface area (Å²) in [6, 6.07) is 7.97. The minimum Gasteiger partial charge on any atom is -0.298 e. The second-order valence-electron chi connectivity index (χ2n) is 5.42. The van der Waals surface area contributed by atoms with Gasteiger partial charge >= 0.3 is 0 Å². The van der Waals surface area contributed by atoms with Gasteiger partial charge in [-0.25, -0.2) is 4.39 Å². The second kappa shape index (κ2) is 10.1. The van der Waals surface area contributed by atoms with Crippen molar-refractivity contribution in [2.75, 3.05) is 0 Å². The van der Waals surface area contributed by atoms with Crippen LogP contribution in [0, 0.1) is 17.1 Å². The molecule has 1 aromatic carbocycles. The van der Waals surface area contributed by atoms with Crippen LogP contribution in [-0.2, 0) is 4.79 Å². The summed E-state index contributed by atoms with van der Waals surface area (Å²) in [6.45, 7) is 2.18. The van der Waals surface area contributed by atoms with Crippen LogP contribution in [0.1, 0.15) is 69.8 Å². The zero-order valence-electron chi connectivity index (χ0n) is 12.8. The Bertz CT molecular complexity index is 478. The largest absolute Gasteiger partial charge is 0.298 e. The van der Waals surface area contributed by atoms with Crippen molar-refractivity contribution < 1.29 is 9.18 Å². The van der Waals surface area contributed by atoms with E-state index in [1.165, 1.54) is 37.8 Å². The van der Waals surface area contributed by atoms with Crippen LogP contribution in [0.2, 0.25) is 0 Å². The van der Waals surface area contributed by atoms with Gasteiger partial charge in [-0.15, -0.1) is 0 Å². The molecule has 0 saturated carbocycles. The smallest absolute Gasteiger partial charge is 0.154 e. The van der Waals surface area contributed by atoms with Crippen LogP contribution in [0.4, 0.5) is 4.39 Å². The van der Waals surface area contributed by atoms with Crippen molar-refractivity contribution in [2.45, 2.75) is 64.2 Å². The van der Waals surface area contributed by atoms with Gasteiger partial charge in [0.1, 0.15) is 11.7 Å². The molecule has 3 heteroatoms. The average Bonchev–Trinajstić information content (AvgIpc) is 2.49. The summed E-state index contributed by atoms with van der Waals surface area (Å²) in [5.74, 6) is -1.61. The van der Waals surface area contributed by atoms with Crippen molar-refractivity contribution in [2.24, 2.45) is 0 Å². The highest BCUT2D eigenvalue weighted by Crippen LogP contribution is 2.22. The fourth-order valence-corrected chi connectivity index (χ4v) is 2.42. The maximum Gasteiger partial charge on any atom is 0.154 e. The van der Waals surface area contributed by atoms with Crippen molar-refractivity contribution >= 4 is 5.78 Å². The number of nitrogens with zero attached hydrogens (tertiary/aromatic N) is 1. The van der Waals surface area contributed by atoms with E-state index >= 15 is 0 Å². The van der Waals surface area contributed by atoms with Gasteiger partial charge in [-0.1, -0.05) is 63.6 Å². The highest BCUT2D eigenvalue weighted by molar-refractivity contribution is 5.88. The molecule has 1 aromatic rings. The molecule has 0 amide bonds. The Labute approximate surface area is 127 Å². The molecule has 0 heterocycles. The number of unbranched alkanes of at least 4 members (excludes halogenated alkanes) is 6. The Kier molecular flexibility index (Phi) is 8.35. The standard InChI is InChI=1S/C18H24FNO/c1-2-3-4-5-6-7-8-13-18(21)16(14-20)15-11-9-10-12-17(15)19/h9-12,16H,2-8,13H2,1H3. The minimum atomic E-state index is -0.966. The molecule has 114 valence electrons. The van der Waals surface area contributed by atoms with Gasteiger partial charge in [0.25, 0.3) is 0 Å². The molecule has 2 nitrogen and oxygen atoms in total. The van der Waals surface area contributed by atoms with E-state index < -0.39 is 11.7 Å². The van der Waals surface area contributed by atoms with E-state index in [2.05, 4.69) is 6.92 Å². The fraction of sp³-hybridized carbons (Fsp3) is 0.556. The lowest BCUT2D eigenvalue weighted by Gasteiger charge is -2.09. The first kappa shape index (κ1) is 17.4. The van der Waals surface area contributed by atoms with Crippen molar-refractivity contribution in [1.29, 1.82) is 5.26 Å². The number of benzene rings is 1. The van der Waals surface area contributed by atoms with Crippen molar-refractivity contribution in [3.05, 3.63) is 35.6 Å². The average molecular weight is 289 g/mol. The monoisotopic (exact) mass is 289 g/mol. The summed E-state index contributed by atoms with van der Waals surface area (Å²) in [5.41, 5.74) is 0.202. The van der Waals surface area contributed by atoms with E-state index in [4.69, 9.17) is 5.26 Å². The summed E-state index contributed by atoms with van der Waals surface area (Å²) in [4.78, 5) is 12.1. The molecule has 1 unspecified atom stereocenters. The molecule has 0 N–H and O–H groups in total. The maximum absolute atomic E-state index is 13.6. The SMILES string of the molecule is CCCCCCCCCC(=O)C(C#N)c1ccccc1F. The number of rotatable bonds is 10. The number of nitriles is 1. The fourth-order valence-electron chi connectivity index (χ4n) is 2.42. The summed E-state index contributed by atoms with van der Waals surface area (Å²) in [7, 11) is 0. The van der Waals surface area contributed by atoms with Crippen LogP contribution in [0.3, 0.4) is 0 Å². The van der Waals surface area contributed by atoms with E-state index in [1.54, 1.807) is 12.1 Å².